The Hall–Kier alpha value is -2.78. The van der Waals surface area contributed by atoms with E-state index in [1.54, 1.807) is 4.90 Å². The van der Waals surface area contributed by atoms with Gasteiger partial charge in [-0.3, -0.25) is 4.79 Å². The maximum atomic E-state index is 13.7. The van der Waals surface area contributed by atoms with Gasteiger partial charge in [-0.25, -0.2) is 8.42 Å². The molecule has 1 aliphatic rings. The first-order chi connectivity index (χ1) is 18.2. The molecule has 1 heterocycles. The number of carbonyl (C=O) groups is 1. The van der Waals surface area contributed by atoms with Crippen LogP contribution in [0.25, 0.3) is 0 Å². The Kier molecular flexibility index (Phi) is 9.20. The topological polar surface area (TPSA) is 78.9 Å². The van der Waals surface area contributed by atoms with Gasteiger partial charge in [0, 0.05) is 36.9 Å². The lowest BCUT2D eigenvalue weighted by Gasteiger charge is -2.38. The van der Waals surface area contributed by atoms with Gasteiger partial charge in [-0.1, -0.05) is 59.6 Å². The van der Waals surface area contributed by atoms with Crippen LogP contribution in [0.2, 0.25) is 10.0 Å². The summed E-state index contributed by atoms with van der Waals surface area (Å²) in [7, 11) is -4.04. The highest BCUT2D eigenvalue weighted by Crippen LogP contribution is 2.28. The molecule has 1 amide bonds. The van der Waals surface area contributed by atoms with E-state index in [1.165, 1.54) is 18.2 Å². The SMILES string of the molecule is CCOc1ccc(S(=O)(=O)NC(Cc2ccccc2)C(=O)N2CCN(c3cc(Cl)ccc3C)CC2)cc1Cl. The molecule has 3 aromatic rings. The number of benzene rings is 3. The molecule has 0 spiro atoms. The van der Waals surface area contributed by atoms with Gasteiger partial charge in [0.05, 0.1) is 16.5 Å². The van der Waals surface area contributed by atoms with Crippen molar-refractivity contribution in [3.8, 4) is 5.75 Å². The third-order valence-corrected chi connectivity index (χ3v) is 8.49. The number of sulfonamides is 1. The first-order valence-corrected chi connectivity index (χ1v) is 14.7. The molecule has 0 radical (unpaired) electrons. The Morgan fingerprint density at radius 2 is 1.71 bits per heavy atom. The van der Waals surface area contributed by atoms with E-state index in [-0.39, 0.29) is 22.2 Å². The van der Waals surface area contributed by atoms with Crippen molar-refractivity contribution >= 4 is 44.8 Å². The molecule has 1 aliphatic heterocycles. The van der Waals surface area contributed by atoms with Crippen LogP contribution in [0.15, 0.2) is 71.6 Å². The van der Waals surface area contributed by atoms with Crippen LogP contribution in [-0.2, 0) is 21.2 Å². The third kappa shape index (κ3) is 6.80. The number of nitrogens with zero attached hydrogens (tertiary/aromatic N) is 2. The van der Waals surface area contributed by atoms with Crippen LogP contribution in [0.3, 0.4) is 0 Å². The quantitative estimate of drug-likeness (QED) is 0.391. The van der Waals surface area contributed by atoms with E-state index in [9.17, 15) is 13.2 Å². The van der Waals surface area contributed by atoms with Gasteiger partial charge in [-0.15, -0.1) is 0 Å². The average molecular weight is 577 g/mol. The van der Waals surface area contributed by atoms with Gasteiger partial charge in [0.2, 0.25) is 15.9 Å². The summed E-state index contributed by atoms with van der Waals surface area (Å²) in [6, 6.07) is 18.4. The summed E-state index contributed by atoms with van der Waals surface area (Å²) in [6.45, 7) is 6.42. The Morgan fingerprint density at radius 3 is 2.37 bits per heavy atom. The molecule has 4 rings (SSSR count). The zero-order chi connectivity index (χ0) is 27.3. The number of rotatable bonds is 9. The molecule has 202 valence electrons. The van der Waals surface area contributed by atoms with Crippen molar-refractivity contribution in [2.24, 2.45) is 0 Å². The Balaban J connectivity index is 1.53. The number of halogens is 2. The number of hydrogen-bond acceptors (Lipinski definition) is 5. The minimum atomic E-state index is -4.04. The van der Waals surface area contributed by atoms with Crippen LogP contribution >= 0.6 is 23.2 Å². The minimum Gasteiger partial charge on any atom is -0.492 e. The van der Waals surface area contributed by atoms with Crippen LogP contribution in [0.1, 0.15) is 18.1 Å². The molecule has 0 aromatic heterocycles. The normalized spacial score (nSPS) is 14.8. The zero-order valence-electron chi connectivity index (χ0n) is 21.4. The van der Waals surface area contributed by atoms with E-state index in [0.717, 1.165) is 16.8 Å². The summed E-state index contributed by atoms with van der Waals surface area (Å²) >= 11 is 12.5. The standard InChI is InChI=1S/C28H31Cl2N3O4S/c1-3-37-27-12-11-23(19-24(27)30)38(35,36)31-25(17-21-7-5-4-6-8-21)28(34)33-15-13-32(14-16-33)26-18-22(29)10-9-20(26)2/h4-12,18-19,25,31H,3,13-17H2,1-2H3. The van der Waals surface area contributed by atoms with Crippen LogP contribution in [0.4, 0.5) is 5.69 Å². The van der Waals surface area contributed by atoms with Crippen molar-refractivity contribution in [1.82, 2.24) is 9.62 Å². The summed E-state index contributed by atoms with van der Waals surface area (Å²) in [5, 5.41) is 0.851. The number of piperazine rings is 1. The molecule has 1 N–H and O–H groups in total. The summed E-state index contributed by atoms with van der Waals surface area (Å²) in [4.78, 5) is 17.6. The lowest BCUT2D eigenvalue weighted by molar-refractivity contribution is -0.133. The van der Waals surface area contributed by atoms with Gasteiger partial charge in [0.1, 0.15) is 11.8 Å². The first-order valence-electron chi connectivity index (χ1n) is 12.5. The van der Waals surface area contributed by atoms with Gasteiger partial charge in [-0.2, -0.15) is 4.72 Å². The molecule has 3 aromatic carbocycles. The van der Waals surface area contributed by atoms with Crippen LogP contribution in [0, 0.1) is 6.92 Å². The van der Waals surface area contributed by atoms with E-state index in [0.29, 0.717) is 43.6 Å². The number of ether oxygens (including phenoxy) is 1. The Bertz CT molecular complexity index is 1380. The molecular weight excluding hydrogens is 545 g/mol. The summed E-state index contributed by atoms with van der Waals surface area (Å²) < 4.78 is 34.8. The zero-order valence-corrected chi connectivity index (χ0v) is 23.7. The summed E-state index contributed by atoms with van der Waals surface area (Å²) in [5.74, 6) is 0.134. The Labute approximate surface area is 234 Å². The van der Waals surface area contributed by atoms with E-state index in [1.807, 2.05) is 62.4 Å². The van der Waals surface area contributed by atoms with Gasteiger partial charge in [0.15, 0.2) is 0 Å². The van der Waals surface area contributed by atoms with Crippen molar-refractivity contribution in [3.63, 3.8) is 0 Å². The minimum absolute atomic E-state index is 0.0296. The van der Waals surface area contributed by atoms with Crippen molar-refractivity contribution in [3.05, 3.63) is 87.9 Å². The van der Waals surface area contributed by atoms with Crippen molar-refractivity contribution < 1.29 is 17.9 Å². The number of anilines is 1. The van der Waals surface area contributed by atoms with Gasteiger partial charge in [0.25, 0.3) is 0 Å². The second-order valence-corrected chi connectivity index (χ2v) is 11.7. The Morgan fingerprint density at radius 1 is 1.00 bits per heavy atom. The molecule has 38 heavy (non-hydrogen) atoms. The van der Waals surface area contributed by atoms with E-state index < -0.39 is 16.1 Å². The predicted molar refractivity (Wildman–Crippen MR) is 152 cm³/mol. The third-order valence-electron chi connectivity index (χ3n) is 6.49. The largest absolute Gasteiger partial charge is 0.492 e. The fourth-order valence-corrected chi connectivity index (χ4v) is 6.20. The number of carbonyl (C=O) groups excluding carboxylic acids is 1. The number of nitrogens with one attached hydrogen (secondary N) is 1. The second-order valence-electron chi connectivity index (χ2n) is 9.13. The van der Waals surface area contributed by atoms with E-state index >= 15 is 0 Å². The monoisotopic (exact) mass is 575 g/mol. The van der Waals surface area contributed by atoms with Crippen LogP contribution < -0.4 is 14.4 Å². The average Bonchev–Trinajstić information content (AvgIpc) is 2.91. The molecule has 0 aliphatic carbocycles. The highest BCUT2D eigenvalue weighted by Gasteiger charge is 2.32. The molecule has 0 saturated carbocycles. The molecule has 1 unspecified atom stereocenters. The smallest absolute Gasteiger partial charge is 0.241 e. The molecule has 1 saturated heterocycles. The lowest BCUT2D eigenvalue weighted by atomic mass is 10.1. The second kappa shape index (κ2) is 12.4. The highest BCUT2D eigenvalue weighted by atomic mass is 35.5. The first kappa shape index (κ1) is 28.2. The molecule has 1 atom stereocenters. The number of aryl methyl sites for hydroxylation is 1. The van der Waals surface area contributed by atoms with Gasteiger partial charge < -0.3 is 14.5 Å². The number of amides is 1. The van der Waals surface area contributed by atoms with Gasteiger partial charge in [-0.05, 0) is 61.7 Å². The molecule has 10 heteroatoms. The number of hydrogen-bond donors (Lipinski definition) is 1. The fraction of sp³-hybridized carbons (Fsp3) is 0.321. The summed E-state index contributed by atoms with van der Waals surface area (Å²) in [5.41, 5.74) is 3.00. The maximum absolute atomic E-state index is 13.7. The predicted octanol–water partition coefficient (Wildman–Crippen LogP) is 4.94. The summed E-state index contributed by atoms with van der Waals surface area (Å²) in [6.07, 6.45) is 0.220. The van der Waals surface area contributed by atoms with Crippen molar-refractivity contribution in [1.29, 1.82) is 0 Å². The van der Waals surface area contributed by atoms with Crippen LogP contribution in [0.5, 0.6) is 5.75 Å². The van der Waals surface area contributed by atoms with Crippen LogP contribution in [-0.4, -0.2) is 58.1 Å². The highest BCUT2D eigenvalue weighted by molar-refractivity contribution is 7.89. The molecule has 7 nitrogen and oxygen atoms in total. The van der Waals surface area contributed by atoms with E-state index in [4.69, 9.17) is 27.9 Å². The van der Waals surface area contributed by atoms with Crippen molar-refractivity contribution in [2.75, 3.05) is 37.7 Å². The van der Waals surface area contributed by atoms with Crippen molar-refractivity contribution in [2.45, 2.75) is 31.2 Å². The maximum Gasteiger partial charge on any atom is 0.241 e. The molecule has 0 bridgehead atoms. The lowest BCUT2D eigenvalue weighted by Crippen LogP contribution is -2.55. The molecule has 1 fully saturated rings. The van der Waals surface area contributed by atoms with E-state index in [2.05, 4.69) is 9.62 Å². The molecular formula is C28H31Cl2N3O4S. The fourth-order valence-electron chi connectivity index (χ4n) is 4.52. The van der Waals surface area contributed by atoms with Gasteiger partial charge >= 0.3 is 0 Å².